The first-order valence-electron chi connectivity index (χ1n) is 6.35. The monoisotopic (exact) mass is 348 g/mol. The van der Waals surface area contributed by atoms with Crippen LogP contribution in [0.5, 0.6) is 0 Å². The van der Waals surface area contributed by atoms with Crippen molar-refractivity contribution in [2.75, 3.05) is 0 Å². The van der Waals surface area contributed by atoms with Gasteiger partial charge in [0.05, 0.1) is 9.95 Å². The summed E-state index contributed by atoms with van der Waals surface area (Å²) in [6.45, 7) is 0. The maximum atomic E-state index is 10.6. The van der Waals surface area contributed by atoms with Crippen LogP contribution in [0.15, 0.2) is 47.0 Å². The third-order valence-electron chi connectivity index (χ3n) is 2.96. The Labute approximate surface area is 139 Å². The quantitative estimate of drug-likeness (QED) is 0.406. The van der Waals surface area contributed by atoms with Gasteiger partial charge in [0.15, 0.2) is 16.1 Å². The molecule has 10 heteroatoms. The van der Waals surface area contributed by atoms with E-state index in [0.29, 0.717) is 21.2 Å². The highest BCUT2D eigenvalue weighted by Gasteiger charge is 2.16. The summed E-state index contributed by atoms with van der Waals surface area (Å²) in [5.41, 5.74) is 0.602. The molecule has 2 aromatic heterocycles. The molecule has 3 aromatic rings. The lowest BCUT2D eigenvalue weighted by Gasteiger charge is -2.04. The van der Waals surface area contributed by atoms with E-state index in [1.54, 1.807) is 17.7 Å². The van der Waals surface area contributed by atoms with Gasteiger partial charge in [-0.15, -0.1) is 10.2 Å². The Morgan fingerprint density at radius 2 is 1.91 bits per heavy atom. The molecule has 0 amide bonds. The Hall–Kier alpha value is -2.52. The third kappa shape index (κ3) is 3.15. The van der Waals surface area contributed by atoms with Gasteiger partial charge in [-0.1, -0.05) is 23.7 Å². The molecule has 0 fully saturated rings. The molecule has 0 aliphatic heterocycles. The summed E-state index contributed by atoms with van der Waals surface area (Å²) < 4.78 is 1.76. The lowest BCUT2D eigenvalue weighted by atomic mass is 10.2. The maximum Gasteiger partial charge on any atom is 0.305 e. The molecule has 0 saturated heterocycles. The van der Waals surface area contributed by atoms with Crippen molar-refractivity contribution in [3.63, 3.8) is 0 Å². The number of nitro groups is 1. The van der Waals surface area contributed by atoms with Crippen LogP contribution in [0.1, 0.15) is 0 Å². The number of halogens is 1. The molecule has 3 rings (SSSR count). The van der Waals surface area contributed by atoms with E-state index >= 15 is 0 Å². The van der Waals surface area contributed by atoms with Crippen molar-refractivity contribution in [1.82, 2.24) is 24.7 Å². The van der Waals surface area contributed by atoms with Crippen molar-refractivity contribution in [3.8, 4) is 11.4 Å². The van der Waals surface area contributed by atoms with Crippen LogP contribution in [-0.2, 0) is 7.05 Å². The highest BCUT2D eigenvalue weighted by atomic mass is 35.5. The van der Waals surface area contributed by atoms with Gasteiger partial charge in [0.25, 0.3) is 0 Å². The van der Waals surface area contributed by atoms with Gasteiger partial charge in [0.2, 0.25) is 0 Å². The molecule has 0 aliphatic rings. The van der Waals surface area contributed by atoms with Crippen molar-refractivity contribution >= 4 is 29.1 Å². The summed E-state index contributed by atoms with van der Waals surface area (Å²) in [4.78, 5) is 17.9. The van der Waals surface area contributed by atoms with Gasteiger partial charge in [-0.2, -0.15) is 0 Å². The maximum absolute atomic E-state index is 10.6. The van der Waals surface area contributed by atoms with Crippen molar-refractivity contribution in [2.45, 2.75) is 10.3 Å². The van der Waals surface area contributed by atoms with Gasteiger partial charge < -0.3 is 4.57 Å². The Bertz CT molecular complexity index is 867. The number of hydrogen-bond donors (Lipinski definition) is 0. The highest BCUT2D eigenvalue weighted by molar-refractivity contribution is 7.99. The highest BCUT2D eigenvalue weighted by Crippen LogP contribution is 2.30. The van der Waals surface area contributed by atoms with Gasteiger partial charge in [-0.3, -0.25) is 10.1 Å². The first-order chi connectivity index (χ1) is 11.1. The summed E-state index contributed by atoms with van der Waals surface area (Å²) in [6.07, 6.45) is 2.31. The lowest BCUT2D eigenvalue weighted by Crippen LogP contribution is -1.97. The Morgan fingerprint density at radius 1 is 1.22 bits per heavy atom. The third-order valence-corrected chi connectivity index (χ3v) is 4.22. The minimum Gasteiger partial charge on any atom is -0.305 e. The van der Waals surface area contributed by atoms with Gasteiger partial charge in [-0.05, 0) is 23.9 Å². The molecule has 0 unspecified atom stereocenters. The summed E-state index contributed by atoms with van der Waals surface area (Å²) >= 11 is 7.33. The lowest BCUT2D eigenvalue weighted by molar-refractivity contribution is -0.385. The van der Waals surface area contributed by atoms with Crippen LogP contribution in [0, 0.1) is 10.1 Å². The fourth-order valence-electron chi connectivity index (χ4n) is 1.82. The fraction of sp³-hybridized carbons (Fsp3) is 0.0769. The number of benzene rings is 1. The Balaban J connectivity index is 1.88. The second-order valence-electron chi connectivity index (χ2n) is 4.43. The number of rotatable bonds is 4. The van der Waals surface area contributed by atoms with Gasteiger partial charge in [0.1, 0.15) is 12.4 Å². The van der Waals surface area contributed by atoms with E-state index in [1.165, 1.54) is 0 Å². The summed E-state index contributed by atoms with van der Waals surface area (Å²) in [6, 6.07) is 7.33. The zero-order valence-electron chi connectivity index (χ0n) is 11.8. The fourth-order valence-corrected chi connectivity index (χ4v) is 2.72. The molecule has 1 aromatic carbocycles. The predicted octanol–water partition coefficient (Wildman–Crippen LogP) is 2.98. The molecule has 23 heavy (non-hydrogen) atoms. The zero-order valence-corrected chi connectivity index (χ0v) is 13.3. The average Bonchev–Trinajstić information content (AvgIpc) is 2.89. The SMILES string of the molecule is Cn1c(Sc2ncc([N+](=O)[O-])cn2)nnc1-c1ccccc1Cl. The summed E-state index contributed by atoms with van der Waals surface area (Å²) in [7, 11) is 1.80. The molecular formula is C13H9ClN6O2S. The largest absolute Gasteiger partial charge is 0.305 e. The standard InChI is InChI=1S/C13H9ClN6O2S/c1-19-11(9-4-2-3-5-10(9)14)17-18-13(19)23-12-15-6-8(7-16-12)20(21)22/h2-7H,1H3. The Morgan fingerprint density at radius 3 is 2.57 bits per heavy atom. The van der Waals surface area contributed by atoms with Gasteiger partial charge in [-0.25, -0.2) is 9.97 Å². The second kappa shape index (κ2) is 6.31. The summed E-state index contributed by atoms with van der Waals surface area (Å²) in [5.74, 6) is 0.611. The molecule has 0 radical (unpaired) electrons. The van der Waals surface area contributed by atoms with Crippen LogP contribution in [-0.4, -0.2) is 29.7 Å². The molecule has 0 N–H and O–H groups in total. The van der Waals surface area contributed by atoms with Crippen molar-refractivity contribution in [1.29, 1.82) is 0 Å². The molecule has 0 atom stereocenters. The van der Waals surface area contributed by atoms with E-state index in [2.05, 4.69) is 20.2 Å². The molecule has 0 aliphatic carbocycles. The van der Waals surface area contributed by atoms with Crippen molar-refractivity contribution < 1.29 is 4.92 Å². The molecule has 8 nitrogen and oxygen atoms in total. The molecule has 116 valence electrons. The van der Waals surface area contributed by atoms with Crippen molar-refractivity contribution in [2.24, 2.45) is 7.05 Å². The zero-order chi connectivity index (χ0) is 16.4. The molecule has 0 spiro atoms. The molecule has 0 saturated carbocycles. The predicted molar refractivity (Wildman–Crippen MR) is 84.3 cm³/mol. The van der Waals surface area contributed by atoms with Crippen LogP contribution in [0.25, 0.3) is 11.4 Å². The second-order valence-corrected chi connectivity index (χ2v) is 5.77. The number of aromatic nitrogens is 5. The first-order valence-corrected chi connectivity index (χ1v) is 7.54. The van der Waals surface area contributed by atoms with Crippen LogP contribution in [0.2, 0.25) is 5.02 Å². The van der Waals surface area contributed by atoms with Crippen LogP contribution >= 0.6 is 23.4 Å². The van der Waals surface area contributed by atoms with Gasteiger partial charge >= 0.3 is 5.69 Å². The minimum atomic E-state index is -0.549. The molecular weight excluding hydrogens is 340 g/mol. The smallest absolute Gasteiger partial charge is 0.305 e. The van der Waals surface area contributed by atoms with E-state index in [1.807, 2.05) is 18.2 Å². The van der Waals surface area contributed by atoms with Crippen LogP contribution in [0.4, 0.5) is 5.69 Å². The molecule has 0 bridgehead atoms. The first kappa shape index (κ1) is 15.4. The summed E-state index contributed by atoms with van der Waals surface area (Å²) in [5, 5.41) is 20.3. The van der Waals surface area contributed by atoms with E-state index < -0.39 is 4.92 Å². The number of hydrogen-bond acceptors (Lipinski definition) is 7. The van der Waals surface area contributed by atoms with E-state index in [-0.39, 0.29) is 5.69 Å². The van der Waals surface area contributed by atoms with Crippen LogP contribution < -0.4 is 0 Å². The van der Waals surface area contributed by atoms with E-state index in [9.17, 15) is 10.1 Å². The minimum absolute atomic E-state index is 0.163. The topological polar surface area (TPSA) is 99.6 Å². The van der Waals surface area contributed by atoms with Crippen LogP contribution in [0.3, 0.4) is 0 Å². The normalized spacial score (nSPS) is 10.7. The Kier molecular flexibility index (Phi) is 4.22. The van der Waals surface area contributed by atoms with Gasteiger partial charge in [0, 0.05) is 12.6 Å². The average molecular weight is 349 g/mol. The van der Waals surface area contributed by atoms with E-state index in [0.717, 1.165) is 29.7 Å². The van der Waals surface area contributed by atoms with Crippen molar-refractivity contribution in [3.05, 3.63) is 51.8 Å². The molecule has 2 heterocycles. The number of nitrogens with zero attached hydrogens (tertiary/aromatic N) is 6. The van der Waals surface area contributed by atoms with E-state index in [4.69, 9.17) is 11.6 Å².